The molecular formula is C47H56N6O15. The van der Waals surface area contributed by atoms with Gasteiger partial charge in [-0.1, -0.05) is 45.0 Å². The van der Waals surface area contributed by atoms with Crippen molar-refractivity contribution >= 4 is 46.4 Å². The maximum atomic E-state index is 13.9. The number of aliphatic hydroxyl groups excluding tert-OH is 3. The van der Waals surface area contributed by atoms with Gasteiger partial charge in [0.1, 0.15) is 43.3 Å². The molecule has 21 heteroatoms. The molecule has 7 rings (SSSR count). The monoisotopic (exact) mass is 944 g/mol. The number of aromatic nitrogens is 2. The first-order valence-corrected chi connectivity index (χ1v) is 22.3. The van der Waals surface area contributed by atoms with Crippen molar-refractivity contribution in [2.75, 3.05) is 11.9 Å². The number of aliphatic hydroxyl groups is 4. The Kier molecular flexibility index (Phi) is 14.3. The van der Waals surface area contributed by atoms with Crippen molar-refractivity contribution in [3.63, 3.8) is 0 Å². The number of rotatable bonds is 15. The van der Waals surface area contributed by atoms with Gasteiger partial charge in [-0.3, -0.25) is 14.4 Å². The Bertz CT molecular complexity index is 2710. The summed E-state index contributed by atoms with van der Waals surface area (Å²) < 4.78 is 23.8. The molecule has 0 saturated carbocycles. The van der Waals surface area contributed by atoms with Gasteiger partial charge < -0.3 is 70.3 Å². The molecule has 364 valence electrons. The van der Waals surface area contributed by atoms with Crippen LogP contribution in [0, 0.1) is 5.92 Å². The summed E-state index contributed by atoms with van der Waals surface area (Å²) in [6.45, 7) is 9.83. The van der Waals surface area contributed by atoms with Crippen LogP contribution < -0.4 is 26.7 Å². The van der Waals surface area contributed by atoms with E-state index in [2.05, 4.69) is 10.6 Å². The van der Waals surface area contributed by atoms with E-state index in [9.17, 15) is 54.3 Å². The van der Waals surface area contributed by atoms with Gasteiger partial charge in [0.15, 0.2) is 11.7 Å². The van der Waals surface area contributed by atoms with Crippen LogP contribution in [0.25, 0.3) is 22.3 Å². The molecule has 2 aromatic carbocycles. The number of aliphatic carboxylic acids is 1. The van der Waals surface area contributed by atoms with E-state index < -0.39 is 83.8 Å². The Balaban J connectivity index is 1.12. The molecule has 3 aliphatic heterocycles. The zero-order valence-electron chi connectivity index (χ0n) is 38.3. The summed E-state index contributed by atoms with van der Waals surface area (Å²) in [5, 5.41) is 58.4. The van der Waals surface area contributed by atoms with E-state index in [0.717, 1.165) is 16.5 Å². The fourth-order valence-electron chi connectivity index (χ4n) is 8.47. The third kappa shape index (κ3) is 9.36. The molecule has 0 aliphatic carbocycles. The highest BCUT2D eigenvalue weighted by Gasteiger charge is 2.49. The van der Waals surface area contributed by atoms with E-state index in [0.29, 0.717) is 28.9 Å². The lowest BCUT2D eigenvalue weighted by atomic mass is 9.86. The minimum Gasteiger partial charge on any atom is -0.479 e. The molecular weight excluding hydrogens is 889 g/mol. The molecule has 3 aliphatic rings. The molecule has 5 unspecified atom stereocenters. The predicted molar refractivity (Wildman–Crippen MR) is 241 cm³/mol. The summed E-state index contributed by atoms with van der Waals surface area (Å²) in [5.74, 6) is -4.20. The molecule has 9 N–H and O–H groups in total. The fourth-order valence-corrected chi connectivity index (χ4v) is 8.47. The van der Waals surface area contributed by atoms with Gasteiger partial charge in [-0.15, -0.1) is 0 Å². The number of benzene rings is 2. The Morgan fingerprint density at radius 2 is 1.71 bits per heavy atom. The third-order valence-corrected chi connectivity index (χ3v) is 12.7. The predicted octanol–water partition coefficient (Wildman–Crippen LogP) is 1.37. The van der Waals surface area contributed by atoms with Crippen LogP contribution in [0.5, 0.6) is 5.75 Å². The van der Waals surface area contributed by atoms with Crippen LogP contribution in [0.3, 0.4) is 0 Å². The highest BCUT2D eigenvalue weighted by Crippen LogP contribution is 2.40. The van der Waals surface area contributed by atoms with E-state index in [1.165, 1.54) is 30.0 Å². The molecule has 0 radical (unpaired) electrons. The molecule has 1 fully saturated rings. The van der Waals surface area contributed by atoms with E-state index >= 15 is 0 Å². The number of fused-ring (bicyclic) bond motifs is 5. The number of para-hydroxylation sites is 1. The fraction of sp³-hybridized carbons (Fsp3) is 0.468. The van der Waals surface area contributed by atoms with Gasteiger partial charge in [0.25, 0.3) is 5.56 Å². The number of carbonyl (C=O) groups excluding carboxylic acids is 4. The van der Waals surface area contributed by atoms with Gasteiger partial charge in [0.05, 0.1) is 40.7 Å². The lowest BCUT2D eigenvalue weighted by Crippen LogP contribution is -2.61. The average molecular weight is 945 g/mol. The highest BCUT2D eigenvalue weighted by atomic mass is 16.7. The van der Waals surface area contributed by atoms with E-state index in [-0.39, 0.29) is 67.2 Å². The summed E-state index contributed by atoms with van der Waals surface area (Å²) in [5.41, 5.74) is 7.33. The molecule has 68 heavy (non-hydrogen) atoms. The van der Waals surface area contributed by atoms with E-state index in [1.807, 2.05) is 38.1 Å². The van der Waals surface area contributed by atoms with Crippen molar-refractivity contribution in [2.24, 2.45) is 11.7 Å². The largest absolute Gasteiger partial charge is 0.479 e. The minimum atomic E-state index is -2.01. The first-order valence-electron chi connectivity index (χ1n) is 22.3. The zero-order valence-corrected chi connectivity index (χ0v) is 38.3. The van der Waals surface area contributed by atoms with Crippen molar-refractivity contribution in [1.82, 2.24) is 19.8 Å². The number of hydrogen-bond donors (Lipinski definition) is 8. The number of anilines is 1. The van der Waals surface area contributed by atoms with Crippen LogP contribution in [0.15, 0.2) is 53.3 Å². The summed E-state index contributed by atoms with van der Waals surface area (Å²) in [4.78, 5) is 84.8. The SMILES string of the molecule is CC[C@@]1(O)C(=O)OCc2c1cc1n(c2=O)Cc2c-1nc1ccccc1c2CCN(C(=O)OCc1ccc(NC(=O)[C@H](C)NC(=O)[C@@H](N)C(C)C)c(OC2OC(C(=O)O)C(O)C(O)C2O)c1)C(C)C. The van der Waals surface area contributed by atoms with Crippen LogP contribution in [0.4, 0.5) is 10.5 Å². The Morgan fingerprint density at radius 1 is 0.985 bits per heavy atom. The first kappa shape index (κ1) is 49.4. The number of nitrogens with one attached hydrogen (secondary N) is 2. The second-order valence-corrected chi connectivity index (χ2v) is 17.8. The smallest absolute Gasteiger partial charge is 0.410 e. The van der Waals surface area contributed by atoms with Crippen LogP contribution in [0.2, 0.25) is 0 Å². The Labute approximate surface area is 389 Å². The molecule has 21 nitrogen and oxygen atoms in total. The summed E-state index contributed by atoms with van der Waals surface area (Å²) >= 11 is 0. The lowest BCUT2D eigenvalue weighted by molar-refractivity contribution is -0.271. The van der Waals surface area contributed by atoms with Gasteiger partial charge in [-0.05, 0) is 74.9 Å². The number of nitrogens with two attached hydrogens (primary N) is 1. The Hall–Kier alpha value is -6.49. The maximum absolute atomic E-state index is 13.9. The van der Waals surface area contributed by atoms with Gasteiger partial charge in [-0.2, -0.15) is 0 Å². The Morgan fingerprint density at radius 3 is 2.38 bits per heavy atom. The number of ether oxygens (including phenoxy) is 4. The number of esters is 1. The zero-order chi connectivity index (χ0) is 49.5. The number of hydrogen-bond acceptors (Lipinski definition) is 16. The molecule has 0 bridgehead atoms. The first-order chi connectivity index (χ1) is 32.2. The molecule has 5 heterocycles. The van der Waals surface area contributed by atoms with Crippen LogP contribution >= 0.6 is 0 Å². The second kappa shape index (κ2) is 19.6. The highest BCUT2D eigenvalue weighted by molar-refractivity contribution is 5.98. The number of nitrogens with zero attached hydrogens (tertiary/aromatic N) is 3. The van der Waals surface area contributed by atoms with Gasteiger partial charge in [0, 0.05) is 29.1 Å². The summed E-state index contributed by atoms with van der Waals surface area (Å²) in [6, 6.07) is 10.9. The van der Waals surface area contributed by atoms with Crippen LogP contribution in [0.1, 0.15) is 75.8 Å². The molecule has 3 amide bonds. The number of carboxylic acids is 1. The summed E-state index contributed by atoms with van der Waals surface area (Å²) in [6.07, 6.45) is -10.2. The maximum Gasteiger partial charge on any atom is 0.410 e. The summed E-state index contributed by atoms with van der Waals surface area (Å²) in [7, 11) is 0. The number of pyridine rings is 2. The molecule has 1 saturated heterocycles. The second-order valence-electron chi connectivity index (χ2n) is 17.8. The number of amides is 3. The van der Waals surface area contributed by atoms with Crippen molar-refractivity contribution < 1.29 is 68.5 Å². The standard InChI is InChI=1S/C47H56N6O15/c1-7-47(64)29-17-32-35-27(18-53(32)42(59)28(29)20-65-45(47)62)25(26-10-8-9-11-30(26)50-35)14-15-52(22(4)5)46(63)66-19-24-12-13-31(51-40(57)23(6)49-41(58)34(48)21(2)3)33(16-24)67-44-38(56)36(54)37(55)39(68-44)43(60)61/h8-13,16-17,21-23,34,36-39,44,54-56,64H,7,14-15,18-20,48H2,1-6H3,(H,49,58)(H,51,57)(H,60,61)/t23-,34-,36?,37?,38?,39?,44?,47-/m0/s1. The van der Waals surface area contributed by atoms with Crippen molar-refractivity contribution in [2.45, 2.75) is 129 Å². The number of carboxylic acid groups (broad SMARTS) is 1. The van der Waals surface area contributed by atoms with Crippen molar-refractivity contribution in [3.05, 3.63) is 86.7 Å². The average Bonchev–Trinajstić information content (AvgIpc) is 3.67. The van der Waals surface area contributed by atoms with E-state index in [1.54, 1.807) is 31.4 Å². The molecule has 4 aromatic rings. The third-order valence-electron chi connectivity index (χ3n) is 12.7. The lowest BCUT2D eigenvalue weighted by Gasteiger charge is -2.38. The van der Waals surface area contributed by atoms with Gasteiger partial charge >= 0.3 is 18.0 Å². The molecule has 8 atom stereocenters. The number of carbonyl (C=O) groups is 5. The van der Waals surface area contributed by atoms with Gasteiger partial charge in [-0.25, -0.2) is 19.4 Å². The van der Waals surface area contributed by atoms with Crippen LogP contribution in [-0.4, -0.2) is 125 Å². The molecule has 0 spiro atoms. The topological polar surface area (TPSA) is 312 Å². The normalized spacial score (nSPS) is 22.7. The number of cyclic esters (lactones) is 1. The molecule has 2 aromatic heterocycles. The minimum absolute atomic E-state index is 0.00768. The van der Waals surface area contributed by atoms with Crippen LogP contribution in [-0.2, 0) is 65.2 Å². The van der Waals surface area contributed by atoms with Crippen molar-refractivity contribution in [1.29, 1.82) is 0 Å². The van der Waals surface area contributed by atoms with Gasteiger partial charge in [0.2, 0.25) is 18.1 Å². The van der Waals surface area contributed by atoms with Crippen molar-refractivity contribution in [3.8, 4) is 17.1 Å². The quantitative estimate of drug-likeness (QED) is 0.0687. The van der Waals surface area contributed by atoms with E-state index in [4.69, 9.17) is 29.7 Å².